The third-order valence-corrected chi connectivity index (χ3v) is 5.85. The van der Waals surface area contributed by atoms with Crippen molar-refractivity contribution in [3.63, 3.8) is 0 Å². The van der Waals surface area contributed by atoms with Crippen LogP contribution in [0.3, 0.4) is 0 Å². The van der Waals surface area contributed by atoms with Crippen LogP contribution in [0.15, 0.2) is 48.5 Å². The number of amides is 3. The molecule has 2 N–H and O–H groups in total. The van der Waals surface area contributed by atoms with Gasteiger partial charge < -0.3 is 15.5 Å². The number of fused-ring (bicyclic) bond motifs is 1. The van der Waals surface area contributed by atoms with Gasteiger partial charge in [0, 0.05) is 36.4 Å². The summed E-state index contributed by atoms with van der Waals surface area (Å²) in [7, 11) is 0. The van der Waals surface area contributed by atoms with Crippen molar-refractivity contribution in [1.82, 2.24) is 9.78 Å². The molecule has 2 aromatic carbocycles. The quantitative estimate of drug-likeness (QED) is 0.683. The maximum absolute atomic E-state index is 13.8. The van der Waals surface area contributed by atoms with E-state index in [0.717, 1.165) is 12.1 Å². The second-order valence-corrected chi connectivity index (χ2v) is 7.80. The summed E-state index contributed by atoms with van der Waals surface area (Å²) in [6, 6.07) is 12.9. The Balaban J connectivity index is 1.53. The Morgan fingerprint density at radius 1 is 0.938 bits per heavy atom. The summed E-state index contributed by atoms with van der Waals surface area (Å²) >= 11 is 0. The first-order valence-electron chi connectivity index (χ1n) is 10.3. The number of rotatable bonds is 4. The van der Waals surface area contributed by atoms with Crippen molar-refractivity contribution < 1.29 is 18.8 Å². The van der Waals surface area contributed by atoms with E-state index in [9.17, 15) is 18.8 Å². The summed E-state index contributed by atoms with van der Waals surface area (Å²) in [5.41, 5.74) is 7.93. The standard InChI is InChI=1S/C23H20FN5O3/c24-14-3-1-4-17(13-14)29-21-18(20(26-29)22(25)31)10-12-28(23(21)32)16-8-6-15(7-9-16)27-11-2-5-19(27)30/h1,3-4,6-9,13H,2,5,10-12H2,(H2,25,31). The Labute approximate surface area is 183 Å². The topological polar surface area (TPSA) is 102 Å². The first-order chi connectivity index (χ1) is 15.4. The minimum Gasteiger partial charge on any atom is -0.364 e. The van der Waals surface area contributed by atoms with Crippen LogP contribution < -0.4 is 15.5 Å². The van der Waals surface area contributed by atoms with Gasteiger partial charge in [0.2, 0.25) is 5.91 Å². The van der Waals surface area contributed by atoms with Crippen molar-refractivity contribution >= 4 is 29.1 Å². The number of hydrogen-bond donors (Lipinski definition) is 1. The highest BCUT2D eigenvalue weighted by Gasteiger charge is 2.34. The van der Waals surface area contributed by atoms with E-state index in [1.165, 1.54) is 22.9 Å². The number of benzene rings is 2. The van der Waals surface area contributed by atoms with Gasteiger partial charge in [-0.3, -0.25) is 14.4 Å². The molecule has 162 valence electrons. The molecule has 1 aromatic heterocycles. The predicted octanol–water partition coefficient (Wildman–Crippen LogP) is 2.44. The summed E-state index contributed by atoms with van der Waals surface area (Å²) in [5.74, 6) is -1.49. The van der Waals surface area contributed by atoms with Gasteiger partial charge in [0.05, 0.1) is 5.69 Å². The molecule has 0 spiro atoms. The Hall–Kier alpha value is -4.01. The third-order valence-electron chi connectivity index (χ3n) is 5.85. The summed E-state index contributed by atoms with van der Waals surface area (Å²) in [4.78, 5) is 40.7. The lowest BCUT2D eigenvalue weighted by atomic mass is 10.0. The van der Waals surface area contributed by atoms with Crippen LogP contribution in [0.4, 0.5) is 15.8 Å². The van der Waals surface area contributed by atoms with Crippen molar-refractivity contribution in [3.05, 3.63) is 71.3 Å². The summed E-state index contributed by atoms with van der Waals surface area (Å²) in [5, 5.41) is 4.24. The van der Waals surface area contributed by atoms with Crippen LogP contribution in [0, 0.1) is 5.82 Å². The number of hydrogen-bond acceptors (Lipinski definition) is 4. The highest BCUT2D eigenvalue weighted by molar-refractivity contribution is 6.09. The molecule has 2 aliphatic heterocycles. The van der Waals surface area contributed by atoms with E-state index in [1.807, 2.05) is 12.1 Å². The number of halogens is 1. The molecule has 0 aliphatic carbocycles. The van der Waals surface area contributed by atoms with Gasteiger partial charge in [0.15, 0.2) is 5.69 Å². The Bertz CT molecular complexity index is 1250. The second kappa shape index (κ2) is 7.60. The SMILES string of the molecule is NC(=O)c1nn(-c2cccc(F)c2)c2c1CCN(c1ccc(N3CCCC3=O)cc1)C2=O. The number of nitrogens with two attached hydrogens (primary N) is 1. The van der Waals surface area contributed by atoms with E-state index >= 15 is 0 Å². The normalized spacial score (nSPS) is 15.9. The molecule has 1 saturated heterocycles. The van der Waals surface area contributed by atoms with Crippen LogP contribution in [-0.2, 0) is 11.2 Å². The highest BCUT2D eigenvalue weighted by atomic mass is 19.1. The molecule has 3 heterocycles. The maximum Gasteiger partial charge on any atom is 0.277 e. The zero-order chi connectivity index (χ0) is 22.4. The van der Waals surface area contributed by atoms with Crippen LogP contribution >= 0.6 is 0 Å². The lowest BCUT2D eigenvalue weighted by molar-refractivity contribution is -0.117. The molecule has 2 aliphatic rings. The predicted molar refractivity (Wildman–Crippen MR) is 115 cm³/mol. The third kappa shape index (κ3) is 3.22. The van der Waals surface area contributed by atoms with Crippen LogP contribution in [0.2, 0.25) is 0 Å². The zero-order valence-electron chi connectivity index (χ0n) is 17.1. The number of aromatic nitrogens is 2. The van der Waals surface area contributed by atoms with E-state index in [2.05, 4.69) is 5.10 Å². The summed E-state index contributed by atoms with van der Waals surface area (Å²) in [6.07, 6.45) is 1.75. The summed E-state index contributed by atoms with van der Waals surface area (Å²) in [6.45, 7) is 1.02. The molecule has 3 amide bonds. The van der Waals surface area contributed by atoms with Crippen molar-refractivity contribution in [1.29, 1.82) is 0 Å². The Morgan fingerprint density at radius 3 is 2.28 bits per heavy atom. The smallest absolute Gasteiger partial charge is 0.277 e. The average molecular weight is 433 g/mol. The molecule has 0 unspecified atom stereocenters. The molecule has 32 heavy (non-hydrogen) atoms. The molecule has 3 aromatic rings. The highest BCUT2D eigenvalue weighted by Crippen LogP contribution is 2.30. The van der Waals surface area contributed by atoms with E-state index in [0.29, 0.717) is 42.9 Å². The minimum absolute atomic E-state index is 0.0140. The Kier molecular flexibility index (Phi) is 4.73. The van der Waals surface area contributed by atoms with Gasteiger partial charge in [-0.05, 0) is 55.3 Å². The summed E-state index contributed by atoms with van der Waals surface area (Å²) < 4.78 is 15.1. The fraction of sp³-hybridized carbons (Fsp3) is 0.217. The second-order valence-electron chi connectivity index (χ2n) is 7.80. The molecule has 5 rings (SSSR count). The molecule has 0 bridgehead atoms. The molecule has 0 saturated carbocycles. The van der Waals surface area contributed by atoms with Gasteiger partial charge in [-0.1, -0.05) is 6.07 Å². The van der Waals surface area contributed by atoms with Crippen LogP contribution in [0.25, 0.3) is 5.69 Å². The van der Waals surface area contributed by atoms with Gasteiger partial charge in [0.25, 0.3) is 11.8 Å². The van der Waals surface area contributed by atoms with Crippen LogP contribution in [0.5, 0.6) is 0 Å². The van der Waals surface area contributed by atoms with Gasteiger partial charge in [-0.2, -0.15) is 5.10 Å². The first kappa shape index (κ1) is 19.9. The average Bonchev–Trinajstić information content (AvgIpc) is 3.38. The van der Waals surface area contributed by atoms with E-state index in [1.54, 1.807) is 28.0 Å². The van der Waals surface area contributed by atoms with E-state index < -0.39 is 11.7 Å². The molecule has 8 nitrogen and oxygen atoms in total. The number of anilines is 2. The zero-order valence-corrected chi connectivity index (χ0v) is 17.1. The fourth-order valence-corrected chi connectivity index (χ4v) is 4.33. The maximum atomic E-state index is 13.8. The molecular formula is C23H20FN5O3. The van der Waals surface area contributed by atoms with Crippen molar-refractivity contribution in [2.24, 2.45) is 5.73 Å². The first-order valence-corrected chi connectivity index (χ1v) is 10.3. The van der Waals surface area contributed by atoms with Gasteiger partial charge in [0.1, 0.15) is 11.5 Å². The van der Waals surface area contributed by atoms with Gasteiger partial charge in [-0.15, -0.1) is 0 Å². The van der Waals surface area contributed by atoms with Crippen molar-refractivity contribution in [2.45, 2.75) is 19.3 Å². The molecule has 9 heteroatoms. The molecule has 0 atom stereocenters. The van der Waals surface area contributed by atoms with E-state index in [-0.39, 0.29) is 23.2 Å². The Morgan fingerprint density at radius 2 is 1.66 bits per heavy atom. The van der Waals surface area contributed by atoms with Crippen molar-refractivity contribution in [3.8, 4) is 5.69 Å². The van der Waals surface area contributed by atoms with Crippen LogP contribution in [0.1, 0.15) is 39.4 Å². The minimum atomic E-state index is -0.739. The number of carbonyl (C=O) groups excluding carboxylic acids is 3. The van der Waals surface area contributed by atoms with Gasteiger partial charge >= 0.3 is 0 Å². The largest absolute Gasteiger partial charge is 0.364 e. The number of nitrogens with zero attached hydrogens (tertiary/aromatic N) is 4. The van der Waals surface area contributed by atoms with Gasteiger partial charge in [-0.25, -0.2) is 9.07 Å². The molecule has 0 radical (unpaired) electrons. The van der Waals surface area contributed by atoms with Crippen molar-refractivity contribution in [2.75, 3.05) is 22.9 Å². The molecule has 1 fully saturated rings. The fourth-order valence-electron chi connectivity index (χ4n) is 4.33. The number of carbonyl (C=O) groups is 3. The molecular weight excluding hydrogens is 413 g/mol. The number of primary amides is 1. The van der Waals surface area contributed by atoms with Crippen LogP contribution in [-0.4, -0.2) is 40.6 Å². The lowest BCUT2D eigenvalue weighted by Crippen LogP contribution is -2.39. The lowest BCUT2D eigenvalue weighted by Gasteiger charge is -2.28. The monoisotopic (exact) mass is 433 g/mol. The van der Waals surface area contributed by atoms with E-state index in [4.69, 9.17) is 5.73 Å².